The predicted octanol–water partition coefficient (Wildman–Crippen LogP) is 1.63. The van der Waals surface area contributed by atoms with Gasteiger partial charge in [-0.05, 0) is 37.1 Å². The van der Waals surface area contributed by atoms with Gasteiger partial charge in [0.2, 0.25) is 5.91 Å². The van der Waals surface area contributed by atoms with Crippen molar-refractivity contribution < 1.29 is 14.3 Å². The minimum Gasteiger partial charge on any atom is -0.493 e. The number of carbonyl (C=O) groups excluding carboxylic acids is 2. The summed E-state index contributed by atoms with van der Waals surface area (Å²) in [5, 5.41) is 2.53. The summed E-state index contributed by atoms with van der Waals surface area (Å²) < 4.78 is 5.56. The quantitative estimate of drug-likeness (QED) is 0.789. The first-order chi connectivity index (χ1) is 8.08. The second-order valence-corrected chi connectivity index (χ2v) is 3.87. The molecule has 0 aliphatic carbocycles. The summed E-state index contributed by atoms with van der Waals surface area (Å²) in [5.74, 6) is 0.698. The Morgan fingerprint density at radius 3 is 2.41 bits per heavy atom. The molecule has 0 aromatic heterocycles. The van der Waals surface area contributed by atoms with Crippen LogP contribution in [0.4, 0.5) is 0 Å². The highest BCUT2D eigenvalue weighted by Crippen LogP contribution is 2.24. The van der Waals surface area contributed by atoms with Gasteiger partial charge in [0.15, 0.2) is 0 Å². The van der Waals surface area contributed by atoms with Crippen LogP contribution in [-0.4, -0.2) is 25.8 Å². The van der Waals surface area contributed by atoms with Gasteiger partial charge in [0.05, 0.1) is 13.0 Å². The largest absolute Gasteiger partial charge is 0.493 e. The molecular weight excluding hydrogens is 218 g/mol. The maximum atomic E-state index is 11.0. The van der Waals surface area contributed by atoms with Crippen molar-refractivity contribution in [2.75, 3.05) is 13.7 Å². The van der Waals surface area contributed by atoms with Crippen LogP contribution < -0.4 is 10.1 Å². The second-order valence-electron chi connectivity index (χ2n) is 3.87. The molecule has 4 heteroatoms. The molecule has 0 unspecified atom stereocenters. The van der Waals surface area contributed by atoms with Crippen LogP contribution in [0.25, 0.3) is 0 Å². The highest BCUT2D eigenvalue weighted by atomic mass is 16.5. The fourth-order valence-electron chi connectivity index (χ4n) is 1.65. The molecule has 0 saturated carbocycles. The number of hydrogen-bond donors (Lipinski definition) is 1. The Kier molecular flexibility index (Phi) is 4.69. The smallest absolute Gasteiger partial charge is 0.223 e. The number of amides is 1. The molecule has 0 radical (unpaired) electrons. The Morgan fingerprint density at radius 2 is 1.94 bits per heavy atom. The highest BCUT2D eigenvalue weighted by molar-refractivity contribution is 5.76. The summed E-state index contributed by atoms with van der Waals surface area (Å²) >= 11 is 0. The summed E-state index contributed by atoms with van der Waals surface area (Å²) in [6, 6.07) is 3.55. The van der Waals surface area contributed by atoms with Crippen molar-refractivity contribution in [3.8, 4) is 5.75 Å². The molecular formula is C13H17NO3. The van der Waals surface area contributed by atoms with E-state index < -0.39 is 0 Å². The maximum Gasteiger partial charge on any atom is 0.223 e. The zero-order valence-corrected chi connectivity index (χ0v) is 10.4. The topological polar surface area (TPSA) is 55.4 Å². The summed E-state index contributed by atoms with van der Waals surface area (Å²) in [7, 11) is 1.59. The third-order valence-corrected chi connectivity index (χ3v) is 2.47. The van der Waals surface area contributed by atoms with Gasteiger partial charge < -0.3 is 10.1 Å². The molecule has 0 fully saturated rings. The second kappa shape index (κ2) is 6.03. The van der Waals surface area contributed by atoms with E-state index in [1.165, 1.54) is 0 Å². The molecule has 0 spiro atoms. The molecule has 0 aliphatic rings. The lowest BCUT2D eigenvalue weighted by Crippen LogP contribution is -2.20. The van der Waals surface area contributed by atoms with Crippen molar-refractivity contribution in [1.82, 2.24) is 5.32 Å². The normalized spacial score (nSPS) is 9.82. The van der Waals surface area contributed by atoms with Crippen molar-refractivity contribution in [2.24, 2.45) is 0 Å². The summed E-state index contributed by atoms with van der Waals surface area (Å²) in [6.45, 7) is 4.10. The maximum absolute atomic E-state index is 11.0. The number of ether oxygens (including phenoxy) is 1. The Morgan fingerprint density at radius 1 is 1.35 bits per heavy atom. The van der Waals surface area contributed by atoms with Gasteiger partial charge in [0, 0.05) is 12.6 Å². The van der Waals surface area contributed by atoms with Crippen LogP contribution in [0.5, 0.6) is 5.75 Å². The third kappa shape index (κ3) is 3.59. The van der Waals surface area contributed by atoms with Crippen molar-refractivity contribution in [3.05, 3.63) is 28.8 Å². The molecule has 4 nitrogen and oxygen atoms in total. The van der Waals surface area contributed by atoms with Crippen molar-refractivity contribution in [2.45, 2.75) is 20.3 Å². The van der Waals surface area contributed by atoms with E-state index in [0.29, 0.717) is 18.6 Å². The molecule has 0 aliphatic heterocycles. The van der Waals surface area contributed by atoms with Crippen LogP contribution in [0.3, 0.4) is 0 Å². The molecule has 0 saturated heterocycles. The fraction of sp³-hybridized carbons (Fsp3) is 0.385. The number of aldehydes is 1. The predicted molar refractivity (Wildman–Crippen MR) is 65.5 cm³/mol. The van der Waals surface area contributed by atoms with Crippen molar-refractivity contribution >= 4 is 12.2 Å². The van der Waals surface area contributed by atoms with Crippen LogP contribution in [-0.2, 0) is 4.79 Å². The molecule has 1 aromatic rings. The van der Waals surface area contributed by atoms with Crippen LogP contribution in [0.1, 0.15) is 27.9 Å². The Balaban J connectivity index is 2.71. The number of hydrogen-bond acceptors (Lipinski definition) is 3. The van der Waals surface area contributed by atoms with Crippen molar-refractivity contribution in [3.63, 3.8) is 0 Å². The minimum absolute atomic E-state index is 0.0511. The highest BCUT2D eigenvalue weighted by Gasteiger charge is 2.07. The number of aryl methyl sites for hydroxylation is 2. The van der Waals surface area contributed by atoms with Crippen LogP contribution >= 0.6 is 0 Å². The minimum atomic E-state index is -0.0511. The molecule has 0 heterocycles. The lowest BCUT2D eigenvalue weighted by atomic mass is 10.1. The summed E-state index contributed by atoms with van der Waals surface area (Å²) in [4.78, 5) is 21.7. The Labute approximate surface area is 101 Å². The average molecular weight is 235 g/mol. The van der Waals surface area contributed by atoms with Crippen molar-refractivity contribution in [1.29, 1.82) is 0 Å². The van der Waals surface area contributed by atoms with E-state index in [-0.39, 0.29) is 5.91 Å². The molecule has 1 aromatic carbocycles. The number of carbonyl (C=O) groups is 2. The van der Waals surface area contributed by atoms with Gasteiger partial charge in [-0.2, -0.15) is 0 Å². The molecule has 17 heavy (non-hydrogen) atoms. The third-order valence-electron chi connectivity index (χ3n) is 2.47. The van der Waals surface area contributed by atoms with Crippen LogP contribution in [0.15, 0.2) is 12.1 Å². The molecule has 1 N–H and O–H groups in total. The van der Waals surface area contributed by atoms with Gasteiger partial charge in [0.25, 0.3) is 0 Å². The fourth-order valence-corrected chi connectivity index (χ4v) is 1.65. The standard InChI is InChI=1S/C13H17NO3/c1-9-6-11(8-15)7-10(2)13(9)17-5-4-12(16)14-3/h6-8H,4-5H2,1-3H3,(H,14,16). The zero-order valence-electron chi connectivity index (χ0n) is 10.4. The lowest BCUT2D eigenvalue weighted by molar-refractivity contribution is -0.121. The van der Waals surface area contributed by atoms with E-state index in [1.807, 2.05) is 13.8 Å². The first-order valence-electron chi connectivity index (χ1n) is 5.48. The van der Waals surface area contributed by atoms with Crippen LogP contribution in [0.2, 0.25) is 0 Å². The lowest BCUT2D eigenvalue weighted by Gasteiger charge is -2.12. The van der Waals surface area contributed by atoms with Gasteiger partial charge in [-0.25, -0.2) is 0 Å². The molecule has 0 bridgehead atoms. The Hall–Kier alpha value is -1.84. The van der Waals surface area contributed by atoms with E-state index >= 15 is 0 Å². The molecule has 0 atom stereocenters. The van der Waals surface area contributed by atoms with E-state index in [2.05, 4.69) is 5.32 Å². The molecule has 92 valence electrons. The van der Waals surface area contributed by atoms with E-state index in [0.717, 1.165) is 23.2 Å². The first-order valence-corrected chi connectivity index (χ1v) is 5.48. The molecule has 1 rings (SSSR count). The van der Waals surface area contributed by atoms with E-state index in [9.17, 15) is 9.59 Å². The first kappa shape index (κ1) is 13.2. The van der Waals surface area contributed by atoms with Crippen LogP contribution in [0, 0.1) is 13.8 Å². The molecule has 1 amide bonds. The zero-order chi connectivity index (χ0) is 12.8. The van der Waals surface area contributed by atoms with Gasteiger partial charge in [0.1, 0.15) is 12.0 Å². The van der Waals surface area contributed by atoms with E-state index in [4.69, 9.17) is 4.74 Å². The monoisotopic (exact) mass is 235 g/mol. The van der Waals surface area contributed by atoms with Gasteiger partial charge >= 0.3 is 0 Å². The number of benzene rings is 1. The summed E-state index contributed by atoms with van der Waals surface area (Å²) in [6.07, 6.45) is 1.14. The average Bonchev–Trinajstić information content (AvgIpc) is 2.31. The van der Waals surface area contributed by atoms with E-state index in [1.54, 1.807) is 19.2 Å². The van der Waals surface area contributed by atoms with Gasteiger partial charge in [-0.15, -0.1) is 0 Å². The van der Waals surface area contributed by atoms with Gasteiger partial charge in [-0.1, -0.05) is 0 Å². The number of nitrogens with one attached hydrogen (secondary N) is 1. The Bertz CT molecular complexity index is 404. The number of rotatable bonds is 5. The summed E-state index contributed by atoms with van der Waals surface area (Å²) in [5.41, 5.74) is 2.45. The van der Waals surface area contributed by atoms with Gasteiger partial charge in [-0.3, -0.25) is 9.59 Å². The SMILES string of the molecule is CNC(=O)CCOc1c(C)cc(C=O)cc1C.